The second kappa shape index (κ2) is 4.16. The predicted molar refractivity (Wildman–Crippen MR) is 63.9 cm³/mol. The summed E-state index contributed by atoms with van der Waals surface area (Å²) in [6.07, 6.45) is 1.64. The molecule has 2 rings (SSSR count). The van der Waals surface area contributed by atoms with E-state index in [2.05, 4.69) is 43.1 Å². The highest BCUT2D eigenvalue weighted by atomic mass is 14.7. The van der Waals surface area contributed by atoms with Crippen LogP contribution in [0.1, 0.15) is 16.8 Å². The molecule has 0 aliphatic heterocycles. The van der Waals surface area contributed by atoms with Gasteiger partial charge in [0.05, 0.1) is 0 Å². The van der Waals surface area contributed by atoms with Crippen LogP contribution < -0.4 is 0 Å². The molecule has 2 aromatic rings. The largest absolute Gasteiger partial charge is 0.245 e. The van der Waals surface area contributed by atoms with Crippen molar-refractivity contribution in [3.05, 3.63) is 53.3 Å². The van der Waals surface area contributed by atoms with Gasteiger partial charge in [0.15, 0.2) is 0 Å². The summed E-state index contributed by atoms with van der Waals surface area (Å²) in [5.74, 6) is 0. The number of aryl methyl sites for hydroxylation is 2. The molecule has 0 N–H and O–H groups in total. The molecule has 2 nitrogen and oxygen atoms in total. The zero-order valence-corrected chi connectivity index (χ0v) is 9.36. The first kappa shape index (κ1) is 10.4. The summed E-state index contributed by atoms with van der Waals surface area (Å²) < 4.78 is 0. The molecule has 0 aliphatic carbocycles. The smallest absolute Gasteiger partial charge is 0.148 e. The molecule has 0 amide bonds. The highest BCUT2D eigenvalue weighted by Crippen LogP contribution is 2.23. The Morgan fingerprint density at radius 3 is 2.44 bits per heavy atom. The summed E-state index contributed by atoms with van der Waals surface area (Å²) in [7, 11) is 0. The molecule has 1 aromatic carbocycles. The number of pyridine rings is 1. The summed E-state index contributed by atoms with van der Waals surface area (Å²) in [6, 6.07) is 12.2. The van der Waals surface area contributed by atoms with Gasteiger partial charge in [-0.05, 0) is 31.5 Å². The van der Waals surface area contributed by atoms with E-state index < -0.39 is 0 Å². The first-order valence-electron chi connectivity index (χ1n) is 5.14. The Kier molecular flexibility index (Phi) is 2.70. The average Bonchev–Trinajstić information content (AvgIpc) is 2.27. The van der Waals surface area contributed by atoms with Crippen molar-refractivity contribution < 1.29 is 0 Å². The van der Waals surface area contributed by atoms with Gasteiger partial charge in [-0.25, -0.2) is 4.98 Å². The maximum Gasteiger partial charge on any atom is 0.148 e. The van der Waals surface area contributed by atoms with Gasteiger partial charge in [-0.15, -0.1) is 0 Å². The third kappa shape index (κ3) is 1.94. The van der Waals surface area contributed by atoms with E-state index in [0.29, 0.717) is 5.69 Å². The summed E-state index contributed by atoms with van der Waals surface area (Å²) in [5, 5.41) is 9.01. The second-order valence-corrected chi connectivity index (χ2v) is 3.89. The SMILES string of the molecule is Cc1cc(C)cc(-c2cccnc2C#N)c1. The minimum Gasteiger partial charge on any atom is -0.245 e. The van der Waals surface area contributed by atoms with Gasteiger partial charge >= 0.3 is 0 Å². The van der Waals surface area contributed by atoms with Crippen molar-refractivity contribution in [3.63, 3.8) is 0 Å². The zero-order chi connectivity index (χ0) is 11.5. The lowest BCUT2D eigenvalue weighted by Crippen LogP contribution is -1.89. The molecule has 0 saturated carbocycles. The van der Waals surface area contributed by atoms with Crippen LogP contribution in [-0.2, 0) is 0 Å². The Labute approximate surface area is 95.2 Å². The molecule has 0 atom stereocenters. The van der Waals surface area contributed by atoms with Crippen molar-refractivity contribution in [3.8, 4) is 17.2 Å². The predicted octanol–water partition coefficient (Wildman–Crippen LogP) is 3.24. The molecule has 0 saturated heterocycles. The fourth-order valence-electron chi connectivity index (χ4n) is 1.86. The van der Waals surface area contributed by atoms with E-state index in [4.69, 9.17) is 5.26 Å². The quantitative estimate of drug-likeness (QED) is 0.721. The molecular formula is C14H12N2. The third-order valence-electron chi connectivity index (χ3n) is 2.45. The lowest BCUT2D eigenvalue weighted by atomic mass is 10.00. The number of aromatic nitrogens is 1. The van der Waals surface area contributed by atoms with Crippen LogP contribution >= 0.6 is 0 Å². The van der Waals surface area contributed by atoms with Crippen LogP contribution in [0.2, 0.25) is 0 Å². The van der Waals surface area contributed by atoms with E-state index in [1.165, 1.54) is 11.1 Å². The van der Waals surface area contributed by atoms with Crippen LogP contribution in [0, 0.1) is 25.2 Å². The number of nitriles is 1. The molecule has 0 fully saturated rings. The highest BCUT2D eigenvalue weighted by molar-refractivity contribution is 5.69. The Hall–Kier alpha value is -2.14. The first-order chi connectivity index (χ1) is 7.70. The number of rotatable bonds is 1. The van der Waals surface area contributed by atoms with Crippen molar-refractivity contribution >= 4 is 0 Å². The molecule has 1 heterocycles. The van der Waals surface area contributed by atoms with E-state index in [1.807, 2.05) is 12.1 Å². The highest BCUT2D eigenvalue weighted by Gasteiger charge is 2.05. The average molecular weight is 208 g/mol. The van der Waals surface area contributed by atoms with Crippen LogP contribution in [0.25, 0.3) is 11.1 Å². The van der Waals surface area contributed by atoms with Crippen molar-refractivity contribution in [2.75, 3.05) is 0 Å². The number of benzene rings is 1. The lowest BCUT2D eigenvalue weighted by molar-refractivity contribution is 1.26. The Bertz CT molecular complexity index is 545. The Balaban J connectivity index is 2.63. The number of nitrogens with zero attached hydrogens (tertiary/aromatic N) is 2. The Morgan fingerprint density at radius 2 is 1.81 bits per heavy atom. The first-order valence-corrected chi connectivity index (χ1v) is 5.14. The van der Waals surface area contributed by atoms with Crippen LogP contribution in [-0.4, -0.2) is 4.98 Å². The molecule has 0 bridgehead atoms. The zero-order valence-electron chi connectivity index (χ0n) is 9.36. The lowest BCUT2D eigenvalue weighted by Gasteiger charge is -2.06. The summed E-state index contributed by atoms with van der Waals surface area (Å²) in [4.78, 5) is 4.07. The number of hydrogen-bond acceptors (Lipinski definition) is 2. The van der Waals surface area contributed by atoms with Crippen molar-refractivity contribution in [1.29, 1.82) is 5.26 Å². The van der Waals surface area contributed by atoms with E-state index in [9.17, 15) is 0 Å². The topological polar surface area (TPSA) is 36.7 Å². The van der Waals surface area contributed by atoms with Crippen molar-refractivity contribution in [1.82, 2.24) is 4.98 Å². The van der Waals surface area contributed by atoms with Crippen LogP contribution in [0.15, 0.2) is 36.5 Å². The molecular weight excluding hydrogens is 196 g/mol. The molecule has 78 valence electrons. The van der Waals surface area contributed by atoms with E-state index in [1.54, 1.807) is 6.20 Å². The van der Waals surface area contributed by atoms with Gasteiger partial charge < -0.3 is 0 Å². The second-order valence-electron chi connectivity index (χ2n) is 3.89. The van der Waals surface area contributed by atoms with Gasteiger partial charge in [0.1, 0.15) is 11.8 Å². The van der Waals surface area contributed by atoms with E-state index >= 15 is 0 Å². The summed E-state index contributed by atoms with van der Waals surface area (Å²) in [5.41, 5.74) is 4.83. The standard InChI is InChI=1S/C14H12N2/c1-10-6-11(2)8-12(7-10)13-4-3-5-16-14(13)9-15/h3-8H,1-2H3. The third-order valence-corrected chi connectivity index (χ3v) is 2.45. The molecule has 0 spiro atoms. The summed E-state index contributed by atoms with van der Waals surface area (Å²) >= 11 is 0. The maximum atomic E-state index is 9.01. The van der Waals surface area contributed by atoms with Gasteiger partial charge in [0, 0.05) is 11.8 Å². The van der Waals surface area contributed by atoms with Gasteiger partial charge in [-0.1, -0.05) is 29.3 Å². The molecule has 16 heavy (non-hydrogen) atoms. The minimum absolute atomic E-state index is 0.479. The number of hydrogen-bond donors (Lipinski definition) is 0. The van der Waals surface area contributed by atoms with Gasteiger partial charge in [-0.3, -0.25) is 0 Å². The normalized spacial score (nSPS) is 9.81. The van der Waals surface area contributed by atoms with Crippen molar-refractivity contribution in [2.24, 2.45) is 0 Å². The molecule has 0 aliphatic rings. The molecule has 0 radical (unpaired) electrons. The van der Waals surface area contributed by atoms with Gasteiger partial charge in [0.2, 0.25) is 0 Å². The van der Waals surface area contributed by atoms with Crippen LogP contribution in [0.4, 0.5) is 0 Å². The van der Waals surface area contributed by atoms with Crippen LogP contribution in [0.3, 0.4) is 0 Å². The summed E-state index contributed by atoms with van der Waals surface area (Å²) in [6.45, 7) is 4.11. The van der Waals surface area contributed by atoms with Gasteiger partial charge in [0.25, 0.3) is 0 Å². The fourth-order valence-corrected chi connectivity index (χ4v) is 1.86. The monoisotopic (exact) mass is 208 g/mol. The molecule has 2 heteroatoms. The Morgan fingerprint density at radius 1 is 1.12 bits per heavy atom. The maximum absolute atomic E-state index is 9.01. The van der Waals surface area contributed by atoms with E-state index in [0.717, 1.165) is 11.1 Å². The van der Waals surface area contributed by atoms with Crippen molar-refractivity contribution in [2.45, 2.75) is 13.8 Å². The van der Waals surface area contributed by atoms with Gasteiger partial charge in [-0.2, -0.15) is 5.26 Å². The van der Waals surface area contributed by atoms with E-state index in [-0.39, 0.29) is 0 Å². The molecule has 1 aromatic heterocycles. The van der Waals surface area contributed by atoms with Crippen LogP contribution in [0.5, 0.6) is 0 Å². The fraction of sp³-hybridized carbons (Fsp3) is 0.143. The molecule has 0 unspecified atom stereocenters. The minimum atomic E-state index is 0.479.